The number of aliphatic hydroxyl groups is 2. The second-order valence-corrected chi connectivity index (χ2v) is 6.69. The smallest absolute Gasteiger partial charge is 0.195 e. The van der Waals surface area contributed by atoms with E-state index in [4.69, 9.17) is 5.73 Å². The molecule has 3 rings (SSSR count). The van der Waals surface area contributed by atoms with Gasteiger partial charge in [0.15, 0.2) is 5.78 Å². The zero-order valence-electron chi connectivity index (χ0n) is 11.7. The van der Waals surface area contributed by atoms with E-state index >= 15 is 0 Å². The molecular weight excluding hydrogens is 242 g/mol. The highest BCUT2D eigenvalue weighted by atomic mass is 16.3. The van der Waals surface area contributed by atoms with Crippen molar-refractivity contribution in [1.82, 2.24) is 0 Å². The monoisotopic (exact) mass is 263 g/mol. The van der Waals surface area contributed by atoms with Crippen molar-refractivity contribution in [2.45, 2.75) is 45.3 Å². The Balaban J connectivity index is 2.25. The molecule has 0 amide bonds. The number of rotatable bonds is 1. The minimum Gasteiger partial charge on any atom is -0.387 e. The van der Waals surface area contributed by atoms with E-state index in [1.807, 2.05) is 13.8 Å². The number of nitrogens with two attached hydrogens (primary N) is 1. The molecule has 0 aliphatic heterocycles. The van der Waals surface area contributed by atoms with E-state index in [-0.39, 0.29) is 12.3 Å². The van der Waals surface area contributed by atoms with E-state index in [0.717, 1.165) is 18.4 Å². The highest BCUT2D eigenvalue weighted by molar-refractivity contribution is 6.09. The topological polar surface area (TPSA) is 83.5 Å². The van der Waals surface area contributed by atoms with Crippen molar-refractivity contribution < 1.29 is 15.0 Å². The number of ketones is 1. The molecule has 3 atom stereocenters. The third kappa shape index (κ3) is 1.27. The summed E-state index contributed by atoms with van der Waals surface area (Å²) in [5.41, 5.74) is 5.47. The summed E-state index contributed by atoms with van der Waals surface area (Å²) in [7, 11) is 0. The number of carbonyl (C=O) groups is 1. The number of hydrogen-bond acceptors (Lipinski definition) is 4. The number of hydrogen-bond donors (Lipinski definition) is 3. The van der Waals surface area contributed by atoms with Crippen LogP contribution in [0.3, 0.4) is 0 Å². The molecule has 1 spiro atoms. The summed E-state index contributed by atoms with van der Waals surface area (Å²) in [6, 6.07) is 0. The van der Waals surface area contributed by atoms with Crippen molar-refractivity contribution in [2.24, 2.45) is 16.6 Å². The lowest BCUT2D eigenvalue weighted by molar-refractivity contribution is -0.138. The van der Waals surface area contributed by atoms with Crippen LogP contribution in [0, 0.1) is 10.8 Å². The SMILES string of the molecule is CC1=C2C(=CC(C)(CN)C2O)C(=O)C(C)(O)C12CC2. The molecule has 0 aromatic heterocycles. The fourth-order valence-electron chi connectivity index (χ4n) is 3.82. The van der Waals surface area contributed by atoms with Crippen molar-refractivity contribution in [3.05, 3.63) is 22.8 Å². The van der Waals surface area contributed by atoms with Gasteiger partial charge in [-0.1, -0.05) is 18.6 Å². The quantitative estimate of drug-likeness (QED) is 0.649. The van der Waals surface area contributed by atoms with Gasteiger partial charge in [0.1, 0.15) is 5.60 Å². The summed E-state index contributed by atoms with van der Waals surface area (Å²) in [5, 5.41) is 21.2. The Morgan fingerprint density at radius 2 is 2.00 bits per heavy atom. The summed E-state index contributed by atoms with van der Waals surface area (Å²) in [6.45, 7) is 5.66. The van der Waals surface area contributed by atoms with Crippen LogP contribution >= 0.6 is 0 Å². The predicted octanol–water partition coefficient (Wildman–Crippen LogP) is 0.683. The average Bonchev–Trinajstić information content (AvgIpc) is 3.12. The first-order chi connectivity index (χ1) is 8.71. The van der Waals surface area contributed by atoms with Gasteiger partial charge in [-0.3, -0.25) is 4.79 Å². The van der Waals surface area contributed by atoms with Crippen LogP contribution in [0.25, 0.3) is 0 Å². The molecule has 4 nitrogen and oxygen atoms in total. The van der Waals surface area contributed by atoms with Crippen LogP contribution in [0.15, 0.2) is 22.8 Å². The molecule has 0 saturated heterocycles. The number of aliphatic hydroxyl groups excluding tert-OH is 1. The van der Waals surface area contributed by atoms with Crippen LogP contribution in [0.5, 0.6) is 0 Å². The first-order valence-corrected chi connectivity index (χ1v) is 6.81. The summed E-state index contributed by atoms with van der Waals surface area (Å²) in [4.78, 5) is 12.6. The fourth-order valence-corrected chi connectivity index (χ4v) is 3.82. The molecule has 0 bridgehead atoms. The van der Waals surface area contributed by atoms with Crippen LogP contribution < -0.4 is 5.73 Å². The second-order valence-electron chi connectivity index (χ2n) is 6.69. The van der Waals surface area contributed by atoms with E-state index in [0.29, 0.717) is 11.1 Å². The predicted molar refractivity (Wildman–Crippen MR) is 71.2 cm³/mol. The van der Waals surface area contributed by atoms with Crippen molar-refractivity contribution in [2.75, 3.05) is 6.54 Å². The highest BCUT2D eigenvalue weighted by Gasteiger charge is 2.66. The maximum Gasteiger partial charge on any atom is 0.195 e. The van der Waals surface area contributed by atoms with Gasteiger partial charge in [-0.25, -0.2) is 0 Å². The van der Waals surface area contributed by atoms with Crippen LogP contribution in [-0.4, -0.2) is 34.2 Å². The third-order valence-electron chi connectivity index (χ3n) is 5.59. The Labute approximate surface area is 113 Å². The maximum atomic E-state index is 12.6. The van der Waals surface area contributed by atoms with Crippen LogP contribution in [-0.2, 0) is 4.79 Å². The molecule has 0 aromatic rings. The van der Waals surface area contributed by atoms with Crippen molar-refractivity contribution in [3.63, 3.8) is 0 Å². The van der Waals surface area contributed by atoms with Gasteiger partial charge >= 0.3 is 0 Å². The number of carbonyl (C=O) groups excluding carboxylic acids is 1. The maximum absolute atomic E-state index is 12.6. The van der Waals surface area contributed by atoms with Gasteiger partial charge in [-0.15, -0.1) is 0 Å². The molecule has 0 aromatic carbocycles. The zero-order chi connectivity index (χ0) is 14.2. The molecule has 0 radical (unpaired) electrons. The summed E-state index contributed by atoms with van der Waals surface area (Å²) >= 11 is 0. The normalized spacial score (nSPS) is 43.6. The second kappa shape index (κ2) is 3.37. The third-order valence-corrected chi connectivity index (χ3v) is 5.59. The molecule has 1 fully saturated rings. The fraction of sp³-hybridized carbons (Fsp3) is 0.667. The molecule has 3 aliphatic rings. The molecule has 19 heavy (non-hydrogen) atoms. The highest BCUT2D eigenvalue weighted by Crippen LogP contribution is 2.65. The van der Waals surface area contributed by atoms with Gasteiger partial charge in [-0.05, 0) is 32.3 Å². The Bertz CT molecular complexity index is 540. The first-order valence-electron chi connectivity index (χ1n) is 6.81. The summed E-state index contributed by atoms with van der Waals surface area (Å²) in [5.74, 6) is -0.262. The van der Waals surface area contributed by atoms with Gasteiger partial charge in [-0.2, -0.15) is 0 Å². The van der Waals surface area contributed by atoms with E-state index in [2.05, 4.69) is 0 Å². The van der Waals surface area contributed by atoms with Crippen molar-refractivity contribution >= 4 is 5.78 Å². The number of Topliss-reactive ketones (excluding diaryl/α,β-unsaturated/α-hetero) is 1. The van der Waals surface area contributed by atoms with Gasteiger partial charge in [0.25, 0.3) is 0 Å². The molecule has 1 saturated carbocycles. The molecule has 3 aliphatic carbocycles. The molecule has 4 N–H and O–H groups in total. The molecule has 3 unspecified atom stereocenters. The van der Waals surface area contributed by atoms with Crippen LogP contribution in [0.2, 0.25) is 0 Å². The lowest BCUT2D eigenvalue weighted by Gasteiger charge is -2.39. The lowest BCUT2D eigenvalue weighted by Crippen LogP contribution is -2.50. The molecule has 0 heterocycles. The van der Waals surface area contributed by atoms with E-state index in [9.17, 15) is 15.0 Å². The Kier molecular flexibility index (Phi) is 2.31. The molecule has 4 heteroatoms. The van der Waals surface area contributed by atoms with E-state index in [1.165, 1.54) is 0 Å². The lowest BCUT2D eigenvalue weighted by atomic mass is 9.67. The summed E-state index contributed by atoms with van der Waals surface area (Å²) < 4.78 is 0. The number of fused-ring (bicyclic) bond motifs is 1. The Morgan fingerprint density at radius 3 is 2.47 bits per heavy atom. The average molecular weight is 263 g/mol. The van der Waals surface area contributed by atoms with Gasteiger partial charge in [0.05, 0.1) is 6.10 Å². The van der Waals surface area contributed by atoms with Gasteiger partial charge in [0.2, 0.25) is 0 Å². The van der Waals surface area contributed by atoms with E-state index in [1.54, 1.807) is 13.0 Å². The van der Waals surface area contributed by atoms with Crippen LogP contribution in [0.4, 0.5) is 0 Å². The zero-order valence-corrected chi connectivity index (χ0v) is 11.7. The molecular formula is C15H21NO3. The molecule has 104 valence electrons. The van der Waals surface area contributed by atoms with Gasteiger partial charge < -0.3 is 15.9 Å². The Morgan fingerprint density at radius 1 is 1.42 bits per heavy atom. The van der Waals surface area contributed by atoms with Crippen LogP contribution in [0.1, 0.15) is 33.6 Å². The first kappa shape index (κ1) is 13.0. The van der Waals surface area contributed by atoms with E-state index < -0.39 is 22.5 Å². The minimum atomic E-state index is -1.36. The standard InChI is InChI=1S/C15H21NO3/c1-8-10-9(6-13(2,7-16)12(10)18)11(17)14(3,19)15(8)4-5-15/h6,12,18-19H,4-5,7,16H2,1-3H3. The van der Waals surface area contributed by atoms with Gasteiger partial charge in [0, 0.05) is 22.9 Å². The minimum absolute atomic E-state index is 0.262. The van der Waals surface area contributed by atoms with Crippen molar-refractivity contribution in [3.8, 4) is 0 Å². The Hall–Kier alpha value is -0.970. The summed E-state index contributed by atoms with van der Waals surface area (Å²) in [6.07, 6.45) is 2.62. The largest absolute Gasteiger partial charge is 0.387 e. The van der Waals surface area contributed by atoms with Crippen molar-refractivity contribution in [1.29, 1.82) is 0 Å².